The lowest BCUT2D eigenvalue weighted by Gasteiger charge is -2.44. The van der Waals surface area contributed by atoms with Crippen LogP contribution in [0.15, 0.2) is 35.4 Å². The predicted octanol–water partition coefficient (Wildman–Crippen LogP) is 6.07. The van der Waals surface area contributed by atoms with Crippen LogP contribution in [0.3, 0.4) is 0 Å². The van der Waals surface area contributed by atoms with Gasteiger partial charge in [-0.05, 0) is 50.1 Å². The molecule has 0 bridgehead atoms. The Kier molecular flexibility index (Phi) is 8.80. The standard InChI is InChI=1S/C30H35F3N6O6S2/c1-4-18-9-19(37-12-16(2)39(29(41)42)17(3)13-37)5-6-22(18)35-28-34-11-21(30(31,32)33)25(36-28)23-10-24-26(46-23)27(40)38(20-14-45-15-20)7-8-47(24,43)44/h5-6,9-11,16-17,20,43-44H,4,7-8,12-15H2,1-3H3,(H,41,42)(H,34,35,36)/t16-,17+. The van der Waals surface area contributed by atoms with E-state index in [0.717, 1.165) is 22.6 Å². The summed E-state index contributed by atoms with van der Waals surface area (Å²) in [5.74, 6) is -0.726. The number of anilines is 3. The first-order valence-corrected chi connectivity index (χ1v) is 17.6. The molecule has 254 valence electrons. The minimum atomic E-state index is -4.83. The van der Waals surface area contributed by atoms with Crippen LogP contribution in [0.5, 0.6) is 0 Å². The van der Waals surface area contributed by atoms with E-state index in [1.54, 1.807) is 6.07 Å². The normalized spacial score (nSPS) is 22.4. The van der Waals surface area contributed by atoms with Crippen molar-refractivity contribution in [2.45, 2.75) is 56.4 Å². The van der Waals surface area contributed by atoms with Crippen molar-refractivity contribution in [3.63, 3.8) is 0 Å². The number of halogens is 3. The average Bonchev–Trinajstić information content (AvgIpc) is 3.40. The molecule has 2 saturated heterocycles. The van der Waals surface area contributed by atoms with E-state index in [2.05, 4.69) is 20.2 Å². The summed E-state index contributed by atoms with van der Waals surface area (Å²) < 4.78 is 69.8. The summed E-state index contributed by atoms with van der Waals surface area (Å²) in [4.78, 5) is 38.2. The van der Waals surface area contributed by atoms with E-state index in [4.69, 9.17) is 4.74 Å². The summed E-state index contributed by atoms with van der Waals surface area (Å²) in [6.07, 6.45) is -4.54. The van der Waals surface area contributed by atoms with Crippen LogP contribution in [-0.2, 0) is 17.3 Å². The number of benzene rings is 1. The second-order valence-electron chi connectivity index (χ2n) is 11.9. The molecule has 3 aromatic rings. The van der Waals surface area contributed by atoms with Gasteiger partial charge < -0.3 is 25.0 Å². The highest BCUT2D eigenvalue weighted by Crippen LogP contribution is 2.55. The molecule has 0 spiro atoms. The molecule has 47 heavy (non-hydrogen) atoms. The maximum absolute atomic E-state index is 14.2. The van der Waals surface area contributed by atoms with Crippen molar-refractivity contribution in [2.24, 2.45) is 0 Å². The number of alkyl halides is 3. The Morgan fingerprint density at radius 3 is 2.47 bits per heavy atom. The Hall–Kier alpha value is -3.64. The number of nitrogens with zero attached hydrogens (tertiary/aromatic N) is 5. The fourth-order valence-corrected chi connectivity index (χ4v) is 9.24. The summed E-state index contributed by atoms with van der Waals surface area (Å²) in [6.45, 7) is 7.35. The minimum absolute atomic E-state index is 0.0256. The number of piperazine rings is 1. The van der Waals surface area contributed by atoms with Crippen molar-refractivity contribution >= 4 is 51.3 Å². The predicted molar refractivity (Wildman–Crippen MR) is 172 cm³/mol. The van der Waals surface area contributed by atoms with Gasteiger partial charge in [-0.3, -0.25) is 18.8 Å². The Labute approximate surface area is 274 Å². The van der Waals surface area contributed by atoms with Gasteiger partial charge in [-0.1, -0.05) is 6.92 Å². The molecule has 6 rings (SSSR count). The maximum Gasteiger partial charge on any atom is 0.420 e. The number of carbonyl (C=O) groups excluding carboxylic acids is 1. The van der Waals surface area contributed by atoms with Gasteiger partial charge in [0.1, 0.15) is 10.4 Å². The monoisotopic (exact) mass is 696 g/mol. The lowest BCUT2D eigenvalue weighted by Crippen LogP contribution is -2.58. The fourth-order valence-electron chi connectivity index (χ4n) is 6.26. The van der Waals surface area contributed by atoms with Gasteiger partial charge in [0, 0.05) is 37.2 Å². The zero-order valence-electron chi connectivity index (χ0n) is 25.8. The van der Waals surface area contributed by atoms with Gasteiger partial charge in [0.2, 0.25) is 5.95 Å². The molecule has 3 aliphatic heterocycles. The van der Waals surface area contributed by atoms with Crippen LogP contribution in [0.25, 0.3) is 10.6 Å². The molecule has 0 unspecified atom stereocenters. The van der Waals surface area contributed by atoms with Crippen molar-refractivity contribution in [3.05, 3.63) is 46.5 Å². The number of ether oxygens (including phenoxy) is 1. The number of hydrogen-bond acceptors (Lipinski definition) is 10. The van der Waals surface area contributed by atoms with Gasteiger partial charge in [0.25, 0.3) is 5.91 Å². The number of carboxylic acid groups (broad SMARTS) is 1. The van der Waals surface area contributed by atoms with Gasteiger partial charge in [-0.25, -0.2) is 14.8 Å². The lowest BCUT2D eigenvalue weighted by atomic mass is 10.0. The number of rotatable bonds is 6. The summed E-state index contributed by atoms with van der Waals surface area (Å²) in [5.41, 5.74) is 0.704. The molecule has 2 atom stereocenters. The van der Waals surface area contributed by atoms with E-state index in [-0.39, 0.29) is 51.0 Å². The quantitative estimate of drug-likeness (QED) is 0.239. The van der Waals surface area contributed by atoms with Crippen molar-refractivity contribution in [1.29, 1.82) is 0 Å². The number of carbonyl (C=O) groups is 2. The van der Waals surface area contributed by atoms with Crippen LogP contribution in [-0.4, -0.2) is 103 Å². The van der Waals surface area contributed by atoms with E-state index in [0.29, 0.717) is 44.6 Å². The third-order valence-electron chi connectivity index (χ3n) is 8.73. The zero-order chi connectivity index (χ0) is 33.8. The van der Waals surface area contributed by atoms with Crippen LogP contribution >= 0.6 is 21.9 Å². The maximum atomic E-state index is 14.2. The van der Waals surface area contributed by atoms with Crippen molar-refractivity contribution in [1.82, 2.24) is 19.8 Å². The number of nitrogens with one attached hydrogen (secondary N) is 1. The van der Waals surface area contributed by atoms with E-state index in [1.165, 1.54) is 15.9 Å². The highest BCUT2D eigenvalue weighted by molar-refractivity contribution is 8.24. The topological polar surface area (TPSA) is 152 Å². The molecule has 1 aromatic carbocycles. The molecule has 12 nitrogen and oxygen atoms in total. The Morgan fingerprint density at radius 1 is 1.17 bits per heavy atom. The number of hydrogen-bond donors (Lipinski definition) is 4. The van der Waals surface area contributed by atoms with Crippen LogP contribution in [0.4, 0.5) is 35.3 Å². The molecular weight excluding hydrogens is 661 g/mol. The summed E-state index contributed by atoms with van der Waals surface area (Å²) in [5, 5.41) is 12.6. The Morgan fingerprint density at radius 2 is 1.87 bits per heavy atom. The molecule has 2 fully saturated rings. The van der Waals surface area contributed by atoms with Gasteiger partial charge in [-0.2, -0.15) is 23.8 Å². The minimum Gasteiger partial charge on any atom is -0.465 e. The number of amides is 2. The number of thiophene rings is 1. The van der Waals surface area contributed by atoms with E-state index >= 15 is 0 Å². The third kappa shape index (κ3) is 6.34. The largest absolute Gasteiger partial charge is 0.465 e. The first kappa shape index (κ1) is 33.3. The van der Waals surface area contributed by atoms with Gasteiger partial charge >= 0.3 is 12.3 Å². The molecule has 3 aliphatic rings. The number of fused-ring (bicyclic) bond motifs is 1. The summed E-state index contributed by atoms with van der Waals surface area (Å²) >= 11 is 0.746. The van der Waals surface area contributed by atoms with Crippen LogP contribution in [0.1, 0.15) is 41.6 Å². The molecule has 2 amide bonds. The zero-order valence-corrected chi connectivity index (χ0v) is 27.5. The molecule has 5 heterocycles. The molecule has 17 heteroatoms. The highest BCUT2D eigenvalue weighted by Gasteiger charge is 2.41. The van der Waals surface area contributed by atoms with E-state index < -0.39 is 40.0 Å². The van der Waals surface area contributed by atoms with Crippen LogP contribution < -0.4 is 10.2 Å². The highest BCUT2D eigenvalue weighted by atomic mass is 32.3. The van der Waals surface area contributed by atoms with E-state index in [1.807, 2.05) is 32.9 Å². The van der Waals surface area contributed by atoms with Crippen LogP contribution in [0, 0.1) is 0 Å². The second kappa shape index (κ2) is 12.4. The SMILES string of the molecule is CCc1cc(N2C[C@@H](C)N(C(=O)O)[C@@H](C)C2)ccc1Nc1ncc(C(F)(F)F)c(-c2cc3c(s2)C(=O)N(C2COC2)CCS3(O)O)n1. The molecule has 0 radical (unpaired) electrons. The van der Waals surface area contributed by atoms with Crippen LogP contribution in [0.2, 0.25) is 0 Å². The first-order chi connectivity index (χ1) is 22.2. The first-order valence-electron chi connectivity index (χ1n) is 15.1. The number of aromatic nitrogens is 2. The fraction of sp³-hybridized carbons (Fsp3) is 0.467. The summed E-state index contributed by atoms with van der Waals surface area (Å²) in [7, 11) is -3.46. The molecule has 2 aromatic heterocycles. The Bertz CT molecular complexity index is 1690. The van der Waals surface area contributed by atoms with Crippen molar-refractivity contribution < 1.29 is 41.7 Å². The van der Waals surface area contributed by atoms with Gasteiger partial charge in [0.15, 0.2) is 0 Å². The molecule has 0 aliphatic carbocycles. The lowest BCUT2D eigenvalue weighted by molar-refractivity contribution is -0.137. The second-order valence-corrected chi connectivity index (χ2v) is 15.2. The van der Waals surface area contributed by atoms with E-state index in [9.17, 15) is 37.0 Å². The molecular formula is C30H35F3N6O6S2. The summed E-state index contributed by atoms with van der Waals surface area (Å²) in [6, 6.07) is 6.14. The van der Waals surface area contributed by atoms with Gasteiger partial charge in [0.05, 0.1) is 52.6 Å². The molecule has 0 saturated carbocycles. The van der Waals surface area contributed by atoms with Crippen molar-refractivity contribution in [2.75, 3.05) is 48.8 Å². The third-order valence-corrected chi connectivity index (χ3v) is 11.8. The average molecular weight is 697 g/mol. The smallest absolute Gasteiger partial charge is 0.420 e. The molecule has 4 N–H and O–H groups in total. The van der Waals surface area contributed by atoms with Crippen molar-refractivity contribution in [3.8, 4) is 10.6 Å². The Balaban J connectivity index is 1.32. The number of aryl methyl sites for hydroxylation is 1. The van der Waals surface area contributed by atoms with Gasteiger partial charge in [-0.15, -0.1) is 11.3 Å².